The van der Waals surface area contributed by atoms with E-state index >= 15 is 0 Å². The van der Waals surface area contributed by atoms with Gasteiger partial charge in [-0.25, -0.2) is 0 Å². The van der Waals surface area contributed by atoms with Crippen LogP contribution in [0, 0.1) is 21.4 Å². The maximum Gasteiger partial charge on any atom is 0.328 e. The van der Waals surface area contributed by atoms with Crippen LogP contribution in [0.1, 0.15) is 19.4 Å². The van der Waals surface area contributed by atoms with Crippen LogP contribution in [-0.2, 0) is 0 Å². The van der Waals surface area contributed by atoms with Crippen molar-refractivity contribution in [3.05, 3.63) is 33.9 Å². The minimum Gasteiger partial charge on any atom is -0.485 e. The Bertz CT molecular complexity index is 466. The summed E-state index contributed by atoms with van der Waals surface area (Å²) in [7, 11) is 0. The van der Waals surface area contributed by atoms with E-state index in [0.29, 0.717) is 19.2 Å². The van der Waals surface area contributed by atoms with Gasteiger partial charge in [-0.2, -0.15) is 5.26 Å². The van der Waals surface area contributed by atoms with Crippen LogP contribution in [0.2, 0.25) is 0 Å². The Labute approximate surface area is 105 Å². The number of nitro groups is 1. The Morgan fingerprint density at radius 3 is 2.83 bits per heavy atom. The SMILES string of the molecule is CC(C)NCCOc1cccc(C#N)c1[N+](=O)[O-]. The Kier molecular flexibility index (Phi) is 5.08. The number of nitro benzene ring substituents is 1. The van der Waals surface area contributed by atoms with Gasteiger partial charge in [-0.05, 0) is 12.1 Å². The van der Waals surface area contributed by atoms with E-state index in [0.717, 1.165) is 0 Å². The molecule has 0 saturated heterocycles. The average molecular weight is 249 g/mol. The fourth-order valence-corrected chi connectivity index (χ4v) is 1.43. The minimum absolute atomic E-state index is 0.00863. The summed E-state index contributed by atoms with van der Waals surface area (Å²) in [5, 5.41) is 22.8. The molecule has 6 heteroatoms. The molecule has 0 atom stereocenters. The molecule has 0 radical (unpaired) electrons. The van der Waals surface area contributed by atoms with Gasteiger partial charge in [0.2, 0.25) is 0 Å². The molecule has 1 N–H and O–H groups in total. The van der Waals surface area contributed by atoms with Crippen LogP contribution in [0.15, 0.2) is 18.2 Å². The number of rotatable bonds is 6. The van der Waals surface area contributed by atoms with Gasteiger partial charge in [0.1, 0.15) is 18.2 Å². The summed E-state index contributed by atoms with van der Waals surface area (Å²) in [5.74, 6) is 0.129. The third-order valence-electron chi connectivity index (χ3n) is 2.21. The molecule has 0 saturated carbocycles. The topological polar surface area (TPSA) is 88.2 Å². The van der Waals surface area contributed by atoms with E-state index in [1.54, 1.807) is 12.1 Å². The van der Waals surface area contributed by atoms with Crippen molar-refractivity contribution in [2.45, 2.75) is 19.9 Å². The van der Waals surface area contributed by atoms with Crippen molar-refractivity contribution in [2.75, 3.05) is 13.2 Å². The molecule has 0 heterocycles. The van der Waals surface area contributed by atoms with E-state index in [1.807, 2.05) is 13.8 Å². The van der Waals surface area contributed by atoms with Crippen molar-refractivity contribution in [1.82, 2.24) is 5.32 Å². The summed E-state index contributed by atoms with van der Waals surface area (Å²) in [6, 6.07) is 6.58. The highest BCUT2D eigenvalue weighted by Gasteiger charge is 2.20. The van der Waals surface area contributed by atoms with Crippen molar-refractivity contribution in [1.29, 1.82) is 5.26 Å². The van der Waals surface area contributed by atoms with Crippen molar-refractivity contribution in [3.63, 3.8) is 0 Å². The number of para-hydroxylation sites is 1. The number of nitrogens with zero attached hydrogens (tertiary/aromatic N) is 2. The molecule has 1 aromatic rings. The Hall–Kier alpha value is -2.13. The predicted octanol–water partition coefficient (Wildman–Crippen LogP) is 1.84. The van der Waals surface area contributed by atoms with Crippen LogP contribution >= 0.6 is 0 Å². The van der Waals surface area contributed by atoms with Crippen LogP contribution in [0.25, 0.3) is 0 Å². The van der Waals surface area contributed by atoms with E-state index < -0.39 is 4.92 Å². The second kappa shape index (κ2) is 6.57. The zero-order valence-corrected chi connectivity index (χ0v) is 10.3. The minimum atomic E-state index is -0.593. The molecule has 0 bridgehead atoms. The molecule has 0 amide bonds. The van der Waals surface area contributed by atoms with Crippen LogP contribution in [0.3, 0.4) is 0 Å². The quantitative estimate of drug-likeness (QED) is 0.472. The standard InChI is InChI=1S/C12H15N3O3/c1-9(2)14-6-7-18-11-5-3-4-10(8-13)12(11)15(16)17/h3-5,9,14H,6-7H2,1-2H3. The number of nitrogens with one attached hydrogen (secondary N) is 1. The molecule has 1 rings (SSSR count). The molecule has 0 aromatic heterocycles. The average Bonchev–Trinajstić information content (AvgIpc) is 2.33. The lowest BCUT2D eigenvalue weighted by Gasteiger charge is -2.10. The van der Waals surface area contributed by atoms with E-state index in [2.05, 4.69) is 5.32 Å². The van der Waals surface area contributed by atoms with E-state index in [9.17, 15) is 10.1 Å². The third kappa shape index (κ3) is 3.71. The van der Waals surface area contributed by atoms with Gasteiger partial charge in [0.05, 0.1) is 4.92 Å². The summed E-state index contributed by atoms with van der Waals surface area (Å²) in [5.41, 5.74) is -0.265. The number of benzene rings is 1. The molecular formula is C12H15N3O3. The van der Waals surface area contributed by atoms with Crippen molar-refractivity contribution >= 4 is 5.69 Å². The van der Waals surface area contributed by atoms with Crippen molar-refractivity contribution in [2.24, 2.45) is 0 Å². The predicted molar refractivity (Wildman–Crippen MR) is 66.4 cm³/mol. The maximum absolute atomic E-state index is 10.9. The second-order valence-electron chi connectivity index (χ2n) is 3.98. The highest BCUT2D eigenvalue weighted by molar-refractivity contribution is 5.57. The molecule has 0 unspecified atom stereocenters. The van der Waals surface area contributed by atoms with Crippen LogP contribution in [0.4, 0.5) is 5.69 Å². The largest absolute Gasteiger partial charge is 0.485 e. The highest BCUT2D eigenvalue weighted by Crippen LogP contribution is 2.30. The summed E-state index contributed by atoms with van der Waals surface area (Å²) in [6.07, 6.45) is 0. The lowest BCUT2D eigenvalue weighted by molar-refractivity contribution is -0.386. The number of nitriles is 1. The monoisotopic (exact) mass is 249 g/mol. The smallest absolute Gasteiger partial charge is 0.328 e. The summed E-state index contributed by atoms with van der Waals surface area (Å²) in [4.78, 5) is 10.3. The molecule has 0 aliphatic heterocycles. The first-order chi connectivity index (χ1) is 8.56. The Morgan fingerprint density at radius 1 is 1.56 bits per heavy atom. The van der Waals surface area contributed by atoms with Gasteiger partial charge in [0.25, 0.3) is 0 Å². The summed E-state index contributed by atoms with van der Waals surface area (Å²) < 4.78 is 5.34. The molecule has 6 nitrogen and oxygen atoms in total. The van der Waals surface area contributed by atoms with Gasteiger partial charge in [0.15, 0.2) is 5.75 Å². The van der Waals surface area contributed by atoms with Gasteiger partial charge < -0.3 is 10.1 Å². The fraction of sp³-hybridized carbons (Fsp3) is 0.417. The van der Waals surface area contributed by atoms with E-state index in [1.165, 1.54) is 12.1 Å². The molecule has 0 aliphatic rings. The van der Waals surface area contributed by atoms with Crippen molar-refractivity contribution in [3.8, 4) is 11.8 Å². The zero-order valence-electron chi connectivity index (χ0n) is 10.3. The summed E-state index contributed by atoms with van der Waals surface area (Å²) in [6.45, 7) is 4.90. The molecule has 96 valence electrons. The first-order valence-corrected chi connectivity index (χ1v) is 5.60. The fourth-order valence-electron chi connectivity index (χ4n) is 1.43. The van der Waals surface area contributed by atoms with E-state index in [4.69, 9.17) is 10.00 Å². The molecule has 18 heavy (non-hydrogen) atoms. The Morgan fingerprint density at radius 2 is 2.28 bits per heavy atom. The molecule has 1 aromatic carbocycles. The first-order valence-electron chi connectivity index (χ1n) is 5.60. The number of hydrogen-bond acceptors (Lipinski definition) is 5. The summed E-state index contributed by atoms with van der Waals surface area (Å²) >= 11 is 0. The van der Waals surface area contributed by atoms with Crippen LogP contribution in [-0.4, -0.2) is 24.1 Å². The van der Waals surface area contributed by atoms with Crippen LogP contribution < -0.4 is 10.1 Å². The zero-order chi connectivity index (χ0) is 13.5. The van der Waals surface area contributed by atoms with Gasteiger partial charge in [-0.3, -0.25) is 10.1 Å². The Balaban J connectivity index is 2.77. The lowest BCUT2D eigenvalue weighted by Crippen LogP contribution is -2.27. The number of ether oxygens (including phenoxy) is 1. The van der Waals surface area contributed by atoms with Crippen LogP contribution in [0.5, 0.6) is 5.75 Å². The van der Waals surface area contributed by atoms with Crippen molar-refractivity contribution < 1.29 is 9.66 Å². The van der Waals surface area contributed by atoms with Gasteiger partial charge in [0, 0.05) is 12.6 Å². The van der Waals surface area contributed by atoms with Gasteiger partial charge in [-0.15, -0.1) is 0 Å². The molecule has 0 aliphatic carbocycles. The first kappa shape index (κ1) is 13.9. The third-order valence-corrected chi connectivity index (χ3v) is 2.21. The second-order valence-corrected chi connectivity index (χ2v) is 3.98. The van der Waals surface area contributed by atoms with E-state index in [-0.39, 0.29) is 17.0 Å². The lowest BCUT2D eigenvalue weighted by atomic mass is 10.2. The molecular weight excluding hydrogens is 234 g/mol. The maximum atomic E-state index is 10.9. The number of hydrogen-bond donors (Lipinski definition) is 1. The van der Waals surface area contributed by atoms with Gasteiger partial charge in [-0.1, -0.05) is 19.9 Å². The molecule has 0 fully saturated rings. The molecule has 0 spiro atoms. The highest BCUT2D eigenvalue weighted by atomic mass is 16.6. The normalized spacial score (nSPS) is 10.1. The van der Waals surface area contributed by atoms with Gasteiger partial charge >= 0.3 is 5.69 Å².